The molecule has 0 aliphatic carbocycles. The zero-order chi connectivity index (χ0) is 19.4. The molecule has 1 saturated heterocycles. The van der Waals surface area contributed by atoms with Gasteiger partial charge in [0.1, 0.15) is 6.04 Å². The molecule has 6 heteroatoms. The van der Waals surface area contributed by atoms with Gasteiger partial charge >= 0.3 is 0 Å². The van der Waals surface area contributed by atoms with Crippen molar-refractivity contribution in [3.8, 4) is 0 Å². The second kappa shape index (κ2) is 6.38. The number of carbonyl (C=O) groups excluding carboxylic acids is 2. The zero-order valence-corrected chi connectivity index (χ0v) is 16.2. The lowest BCUT2D eigenvalue weighted by atomic mass is 9.86. The van der Waals surface area contributed by atoms with Crippen LogP contribution < -0.4 is 0 Å². The molecule has 142 valence electrons. The number of H-pyrrole nitrogens is 1. The van der Waals surface area contributed by atoms with E-state index >= 15 is 0 Å². The Morgan fingerprint density at radius 2 is 1.86 bits per heavy atom. The van der Waals surface area contributed by atoms with Crippen LogP contribution in [0.15, 0.2) is 48.5 Å². The Balaban J connectivity index is 1.74. The quantitative estimate of drug-likeness (QED) is 0.724. The minimum absolute atomic E-state index is 0.0179. The number of halogens is 1. The molecule has 2 aliphatic heterocycles. The predicted molar refractivity (Wildman–Crippen MR) is 108 cm³/mol. The van der Waals surface area contributed by atoms with Crippen LogP contribution in [0.25, 0.3) is 10.9 Å². The number of benzene rings is 2. The molecule has 1 N–H and O–H groups in total. The van der Waals surface area contributed by atoms with Gasteiger partial charge in [-0.2, -0.15) is 0 Å². The van der Waals surface area contributed by atoms with Crippen LogP contribution in [0.2, 0.25) is 5.02 Å². The number of hydrogen-bond acceptors (Lipinski definition) is 2. The highest BCUT2D eigenvalue weighted by atomic mass is 35.5. The lowest BCUT2D eigenvalue weighted by Crippen LogP contribution is -2.62. The molecular formula is C22H20ClN3O2. The highest BCUT2D eigenvalue weighted by Gasteiger charge is 2.47. The molecule has 2 aliphatic rings. The molecule has 5 nitrogen and oxygen atoms in total. The van der Waals surface area contributed by atoms with E-state index in [1.165, 1.54) is 0 Å². The highest BCUT2D eigenvalue weighted by molar-refractivity contribution is 6.30. The molecule has 3 aromatic rings. The Kier molecular flexibility index (Phi) is 3.95. The van der Waals surface area contributed by atoms with Gasteiger partial charge in [-0.1, -0.05) is 41.9 Å². The summed E-state index contributed by atoms with van der Waals surface area (Å²) in [5.41, 5.74) is 4.09. The number of likely N-dealkylation sites (N-methyl/N-ethyl adjacent to an activating group) is 1. The summed E-state index contributed by atoms with van der Waals surface area (Å²) in [6, 6.07) is 14.8. The Bertz CT molecular complexity index is 1090. The first-order chi connectivity index (χ1) is 13.6. The molecule has 0 bridgehead atoms. The van der Waals surface area contributed by atoms with Gasteiger partial charge in [0, 0.05) is 34.6 Å². The van der Waals surface area contributed by atoms with Crippen LogP contribution in [0.4, 0.5) is 0 Å². The van der Waals surface area contributed by atoms with Crippen LogP contribution in [-0.2, 0) is 16.0 Å². The monoisotopic (exact) mass is 393 g/mol. The van der Waals surface area contributed by atoms with Gasteiger partial charge in [-0.05, 0) is 36.2 Å². The van der Waals surface area contributed by atoms with Crippen molar-refractivity contribution in [2.45, 2.75) is 25.4 Å². The fourth-order valence-electron chi connectivity index (χ4n) is 4.58. The predicted octanol–water partition coefficient (Wildman–Crippen LogP) is 3.53. The third-order valence-electron chi connectivity index (χ3n) is 5.91. The van der Waals surface area contributed by atoms with E-state index in [4.69, 9.17) is 11.6 Å². The maximum Gasteiger partial charge on any atom is 0.246 e. The van der Waals surface area contributed by atoms with E-state index in [9.17, 15) is 9.59 Å². The number of fused-ring (bicyclic) bond motifs is 4. The van der Waals surface area contributed by atoms with E-state index in [1.54, 1.807) is 9.80 Å². The van der Waals surface area contributed by atoms with Gasteiger partial charge in [0.25, 0.3) is 0 Å². The number of aromatic nitrogens is 1. The standard InChI is InChI=1S/C22H20ClN3O2/c1-2-25-12-19(27)26-18(22(25)28)11-16-15-5-3-4-6-17(15)24-20(16)21(26)13-7-9-14(23)10-8-13/h3-10,18,21,24H,2,11-12H2,1H3/t18-,21+/m0/s1. The van der Waals surface area contributed by atoms with E-state index < -0.39 is 6.04 Å². The van der Waals surface area contributed by atoms with E-state index in [0.717, 1.165) is 27.7 Å². The van der Waals surface area contributed by atoms with Crippen molar-refractivity contribution in [3.05, 3.63) is 70.4 Å². The van der Waals surface area contributed by atoms with Crippen molar-refractivity contribution in [1.82, 2.24) is 14.8 Å². The van der Waals surface area contributed by atoms with Crippen LogP contribution in [0.5, 0.6) is 0 Å². The molecule has 28 heavy (non-hydrogen) atoms. The van der Waals surface area contributed by atoms with Crippen LogP contribution in [-0.4, -0.2) is 45.7 Å². The number of piperazine rings is 1. The van der Waals surface area contributed by atoms with Gasteiger partial charge in [-0.25, -0.2) is 0 Å². The number of carbonyl (C=O) groups is 2. The van der Waals surface area contributed by atoms with Crippen LogP contribution >= 0.6 is 11.6 Å². The van der Waals surface area contributed by atoms with Crippen molar-refractivity contribution in [3.63, 3.8) is 0 Å². The highest BCUT2D eigenvalue weighted by Crippen LogP contribution is 2.42. The molecule has 1 fully saturated rings. The molecule has 5 rings (SSSR count). The first-order valence-corrected chi connectivity index (χ1v) is 9.91. The first kappa shape index (κ1) is 17.3. The summed E-state index contributed by atoms with van der Waals surface area (Å²) < 4.78 is 0. The molecule has 2 amide bonds. The van der Waals surface area contributed by atoms with E-state index in [2.05, 4.69) is 11.1 Å². The Morgan fingerprint density at radius 1 is 1.11 bits per heavy atom. The van der Waals surface area contributed by atoms with Crippen LogP contribution in [0, 0.1) is 0 Å². The lowest BCUT2D eigenvalue weighted by Gasteiger charge is -2.47. The average Bonchev–Trinajstić information content (AvgIpc) is 3.08. The summed E-state index contributed by atoms with van der Waals surface area (Å²) in [7, 11) is 0. The van der Waals surface area contributed by atoms with Crippen molar-refractivity contribution in [2.24, 2.45) is 0 Å². The van der Waals surface area contributed by atoms with Gasteiger partial charge in [0.15, 0.2) is 0 Å². The molecule has 0 unspecified atom stereocenters. The minimum atomic E-state index is -0.478. The van der Waals surface area contributed by atoms with E-state index in [-0.39, 0.29) is 24.4 Å². The molecule has 2 aromatic carbocycles. The Hall–Kier alpha value is -2.79. The summed E-state index contributed by atoms with van der Waals surface area (Å²) in [6.45, 7) is 2.59. The van der Waals surface area contributed by atoms with Crippen molar-refractivity contribution >= 4 is 34.3 Å². The van der Waals surface area contributed by atoms with Crippen molar-refractivity contribution < 1.29 is 9.59 Å². The number of nitrogens with zero attached hydrogens (tertiary/aromatic N) is 2. The Morgan fingerprint density at radius 3 is 2.61 bits per heavy atom. The first-order valence-electron chi connectivity index (χ1n) is 9.53. The number of amides is 2. The van der Waals surface area contributed by atoms with Gasteiger partial charge < -0.3 is 14.8 Å². The summed E-state index contributed by atoms with van der Waals surface area (Å²) >= 11 is 6.09. The summed E-state index contributed by atoms with van der Waals surface area (Å²) in [5, 5.41) is 1.76. The topological polar surface area (TPSA) is 56.4 Å². The fourth-order valence-corrected chi connectivity index (χ4v) is 4.71. The molecule has 3 heterocycles. The van der Waals surface area contributed by atoms with Crippen LogP contribution in [0.1, 0.15) is 29.8 Å². The average molecular weight is 394 g/mol. The Labute approximate surface area is 167 Å². The second-order valence-electron chi connectivity index (χ2n) is 7.39. The SMILES string of the molecule is CCN1CC(=O)N2[C@H](c3ccc(Cl)cc3)c3[nH]c4ccccc4c3C[C@H]2C1=O. The molecule has 2 atom stereocenters. The molecule has 0 saturated carbocycles. The smallest absolute Gasteiger partial charge is 0.246 e. The summed E-state index contributed by atoms with van der Waals surface area (Å²) in [4.78, 5) is 33.2. The van der Waals surface area contributed by atoms with Gasteiger partial charge in [-0.15, -0.1) is 0 Å². The maximum atomic E-state index is 13.1. The number of para-hydroxylation sites is 1. The molecular weight excluding hydrogens is 374 g/mol. The molecule has 0 radical (unpaired) electrons. The fraction of sp³-hybridized carbons (Fsp3) is 0.273. The minimum Gasteiger partial charge on any atom is -0.356 e. The third kappa shape index (κ3) is 2.46. The lowest BCUT2D eigenvalue weighted by molar-refractivity contribution is -0.158. The van der Waals surface area contributed by atoms with E-state index in [0.29, 0.717) is 18.0 Å². The van der Waals surface area contributed by atoms with Gasteiger partial charge in [0.2, 0.25) is 11.8 Å². The summed E-state index contributed by atoms with van der Waals surface area (Å²) in [6.07, 6.45) is 0.532. The normalized spacial score (nSPS) is 21.8. The van der Waals surface area contributed by atoms with Crippen molar-refractivity contribution in [2.75, 3.05) is 13.1 Å². The van der Waals surface area contributed by atoms with Crippen molar-refractivity contribution in [1.29, 1.82) is 0 Å². The molecule has 0 spiro atoms. The zero-order valence-electron chi connectivity index (χ0n) is 15.5. The number of aromatic amines is 1. The second-order valence-corrected chi connectivity index (χ2v) is 7.83. The van der Waals surface area contributed by atoms with Crippen LogP contribution in [0.3, 0.4) is 0 Å². The maximum absolute atomic E-state index is 13.1. The van der Waals surface area contributed by atoms with Gasteiger partial charge in [-0.3, -0.25) is 9.59 Å². The molecule has 1 aromatic heterocycles. The number of rotatable bonds is 2. The number of nitrogens with one attached hydrogen (secondary N) is 1. The number of hydrogen-bond donors (Lipinski definition) is 1. The summed E-state index contributed by atoms with van der Waals surface area (Å²) in [5.74, 6) is 0.00713. The van der Waals surface area contributed by atoms with Gasteiger partial charge in [0.05, 0.1) is 12.6 Å². The third-order valence-corrected chi connectivity index (χ3v) is 6.16. The largest absolute Gasteiger partial charge is 0.356 e. The van der Waals surface area contributed by atoms with E-state index in [1.807, 2.05) is 49.4 Å².